The fourth-order valence-corrected chi connectivity index (χ4v) is 1.85. The smallest absolute Gasteiger partial charge is 0.126 e. The largest absolute Gasteiger partial charge is 0.398 e. The van der Waals surface area contributed by atoms with Gasteiger partial charge in [-0.2, -0.15) is 0 Å². The molecule has 0 bridgehead atoms. The fourth-order valence-electron chi connectivity index (χ4n) is 1.85. The Morgan fingerprint density at radius 2 is 1.89 bits per heavy atom. The number of nitrogen functional groups attached to an aromatic ring is 1. The van der Waals surface area contributed by atoms with Crippen molar-refractivity contribution >= 4 is 5.69 Å². The summed E-state index contributed by atoms with van der Waals surface area (Å²) in [5, 5.41) is 9.95. The van der Waals surface area contributed by atoms with E-state index in [9.17, 15) is 9.50 Å². The minimum Gasteiger partial charge on any atom is -0.398 e. The quantitative estimate of drug-likeness (QED) is 0.866. The van der Waals surface area contributed by atoms with Crippen molar-refractivity contribution in [2.24, 2.45) is 0 Å². The van der Waals surface area contributed by atoms with E-state index in [0.717, 1.165) is 5.56 Å². The van der Waals surface area contributed by atoms with Gasteiger partial charge < -0.3 is 10.8 Å². The second-order valence-electron chi connectivity index (χ2n) is 4.23. The maximum atomic E-state index is 13.4. The number of anilines is 1. The molecule has 0 spiro atoms. The van der Waals surface area contributed by atoms with E-state index in [1.807, 2.05) is 0 Å². The fraction of sp³-hybridized carbons (Fsp3) is 0.214. The summed E-state index contributed by atoms with van der Waals surface area (Å²) in [7, 11) is 0. The predicted molar refractivity (Wildman–Crippen MR) is 68.5 cm³/mol. The molecule has 4 heteroatoms. The van der Waals surface area contributed by atoms with Gasteiger partial charge >= 0.3 is 0 Å². The van der Waals surface area contributed by atoms with Gasteiger partial charge in [0, 0.05) is 30.9 Å². The summed E-state index contributed by atoms with van der Waals surface area (Å²) in [4.78, 5) is 3.96. The first-order chi connectivity index (χ1) is 8.66. The van der Waals surface area contributed by atoms with E-state index in [0.29, 0.717) is 17.7 Å². The maximum Gasteiger partial charge on any atom is 0.126 e. The highest BCUT2D eigenvalue weighted by molar-refractivity contribution is 5.44. The highest BCUT2D eigenvalue weighted by atomic mass is 19.1. The molecule has 0 saturated carbocycles. The highest BCUT2D eigenvalue weighted by Gasteiger charge is 2.11. The molecule has 3 nitrogen and oxygen atoms in total. The molecular formula is C14H15FN2O. The van der Waals surface area contributed by atoms with Crippen LogP contribution in [0.3, 0.4) is 0 Å². The number of aliphatic hydroxyl groups excluding tert-OH is 1. The number of pyridine rings is 1. The molecule has 0 aliphatic rings. The molecule has 0 saturated heterocycles. The Morgan fingerprint density at radius 3 is 2.61 bits per heavy atom. The van der Waals surface area contributed by atoms with Crippen LogP contribution in [0.5, 0.6) is 0 Å². The predicted octanol–water partition coefficient (Wildman–Crippen LogP) is 1.95. The van der Waals surface area contributed by atoms with Crippen LogP contribution in [0.25, 0.3) is 0 Å². The van der Waals surface area contributed by atoms with Gasteiger partial charge in [-0.1, -0.05) is 18.2 Å². The van der Waals surface area contributed by atoms with Crippen LogP contribution in [0.2, 0.25) is 0 Å². The zero-order chi connectivity index (χ0) is 13.0. The van der Waals surface area contributed by atoms with E-state index in [4.69, 9.17) is 5.73 Å². The molecule has 0 aliphatic carbocycles. The van der Waals surface area contributed by atoms with E-state index in [1.54, 1.807) is 36.7 Å². The molecule has 1 aromatic carbocycles. The number of hydrogen-bond donors (Lipinski definition) is 2. The standard InChI is InChI=1S/C14H15FN2O/c15-13-4-2-1-3-10(13)7-12(18)8-11-9-17-6-5-14(11)16/h1-6,9,12,18H,7-8H2,(H2,16,17). The van der Waals surface area contributed by atoms with Gasteiger partial charge in [0.15, 0.2) is 0 Å². The third-order valence-electron chi connectivity index (χ3n) is 2.81. The van der Waals surface area contributed by atoms with Crippen molar-refractivity contribution in [3.63, 3.8) is 0 Å². The van der Waals surface area contributed by atoms with Crippen LogP contribution in [-0.4, -0.2) is 16.2 Å². The number of hydrogen-bond acceptors (Lipinski definition) is 3. The normalized spacial score (nSPS) is 12.3. The zero-order valence-corrected chi connectivity index (χ0v) is 9.88. The van der Waals surface area contributed by atoms with Crippen molar-refractivity contribution in [3.8, 4) is 0 Å². The molecule has 18 heavy (non-hydrogen) atoms. The molecule has 0 radical (unpaired) electrons. The van der Waals surface area contributed by atoms with Crippen molar-refractivity contribution in [2.45, 2.75) is 18.9 Å². The summed E-state index contributed by atoms with van der Waals surface area (Å²) in [6.07, 6.45) is 3.19. The van der Waals surface area contributed by atoms with Crippen molar-refractivity contribution < 1.29 is 9.50 Å². The third kappa shape index (κ3) is 3.05. The van der Waals surface area contributed by atoms with Crippen molar-refractivity contribution in [1.29, 1.82) is 0 Å². The molecule has 1 unspecified atom stereocenters. The lowest BCUT2D eigenvalue weighted by Gasteiger charge is -2.12. The Bertz CT molecular complexity index is 483. The molecule has 1 atom stereocenters. The Hall–Kier alpha value is -1.94. The number of aromatic nitrogens is 1. The molecule has 0 fully saturated rings. The summed E-state index contributed by atoms with van der Waals surface area (Å²) in [5.74, 6) is -0.296. The highest BCUT2D eigenvalue weighted by Crippen LogP contribution is 2.15. The first-order valence-corrected chi connectivity index (χ1v) is 5.76. The second kappa shape index (κ2) is 5.60. The molecule has 1 heterocycles. The van der Waals surface area contributed by atoms with Crippen LogP contribution < -0.4 is 5.73 Å². The van der Waals surface area contributed by atoms with E-state index in [1.165, 1.54) is 6.07 Å². The van der Waals surface area contributed by atoms with Crippen LogP contribution in [-0.2, 0) is 12.8 Å². The minimum absolute atomic E-state index is 0.265. The summed E-state index contributed by atoms with van der Waals surface area (Å²) in [6.45, 7) is 0. The van der Waals surface area contributed by atoms with Gasteiger partial charge in [-0.15, -0.1) is 0 Å². The molecule has 0 aliphatic heterocycles. The van der Waals surface area contributed by atoms with Crippen LogP contribution in [0.4, 0.5) is 10.1 Å². The van der Waals surface area contributed by atoms with Crippen molar-refractivity contribution in [2.75, 3.05) is 5.73 Å². The van der Waals surface area contributed by atoms with Crippen molar-refractivity contribution in [3.05, 3.63) is 59.7 Å². The van der Waals surface area contributed by atoms with Crippen molar-refractivity contribution in [1.82, 2.24) is 4.98 Å². The van der Waals surface area contributed by atoms with Gasteiger partial charge in [0.05, 0.1) is 6.10 Å². The lowest BCUT2D eigenvalue weighted by molar-refractivity contribution is 0.174. The van der Waals surface area contributed by atoms with Gasteiger partial charge in [-0.25, -0.2) is 4.39 Å². The number of nitrogens with zero attached hydrogens (tertiary/aromatic N) is 1. The summed E-state index contributed by atoms with van der Waals surface area (Å²) in [5.41, 5.74) is 7.65. The number of nitrogens with two attached hydrogens (primary N) is 1. The number of halogens is 1. The van der Waals surface area contributed by atoms with E-state index in [-0.39, 0.29) is 12.2 Å². The topological polar surface area (TPSA) is 59.1 Å². The Labute approximate surface area is 105 Å². The molecule has 1 aromatic heterocycles. The van der Waals surface area contributed by atoms with E-state index < -0.39 is 6.10 Å². The first kappa shape index (κ1) is 12.5. The maximum absolute atomic E-state index is 13.4. The summed E-state index contributed by atoms with van der Waals surface area (Å²) in [6, 6.07) is 8.13. The van der Waals surface area contributed by atoms with Crippen LogP contribution >= 0.6 is 0 Å². The molecule has 3 N–H and O–H groups in total. The van der Waals surface area contributed by atoms with Crippen LogP contribution in [0.15, 0.2) is 42.7 Å². The average molecular weight is 246 g/mol. The Kier molecular flexibility index (Phi) is 3.89. The molecule has 0 amide bonds. The SMILES string of the molecule is Nc1ccncc1CC(O)Cc1ccccc1F. The van der Waals surface area contributed by atoms with E-state index >= 15 is 0 Å². The summed E-state index contributed by atoms with van der Waals surface area (Å²) >= 11 is 0. The molecule has 2 rings (SSSR count). The number of benzene rings is 1. The van der Waals surface area contributed by atoms with Gasteiger partial charge in [-0.3, -0.25) is 4.98 Å². The van der Waals surface area contributed by atoms with E-state index in [2.05, 4.69) is 4.98 Å². The first-order valence-electron chi connectivity index (χ1n) is 5.76. The number of rotatable bonds is 4. The summed E-state index contributed by atoms with van der Waals surface area (Å²) < 4.78 is 13.4. The zero-order valence-electron chi connectivity index (χ0n) is 9.88. The number of aliphatic hydroxyl groups is 1. The van der Waals surface area contributed by atoms with Crippen LogP contribution in [0, 0.1) is 5.82 Å². The monoisotopic (exact) mass is 246 g/mol. The van der Waals surface area contributed by atoms with Gasteiger partial charge in [0.25, 0.3) is 0 Å². The van der Waals surface area contributed by atoms with Gasteiger partial charge in [0.1, 0.15) is 5.82 Å². The second-order valence-corrected chi connectivity index (χ2v) is 4.23. The lowest BCUT2D eigenvalue weighted by atomic mass is 10.0. The van der Waals surface area contributed by atoms with Gasteiger partial charge in [-0.05, 0) is 23.3 Å². The molecule has 2 aromatic rings. The average Bonchev–Trinajstić information content (AvgIpc) is 2.35. The van der Waals surface area contributed by atoms with Gasteiger partial charge in [0.2, 0.25) is 0 Å². The minimum atomic E-state index is -0.673. The lowest BCUT2D eigenvalue weighted by Crippen LogP contribution is -2.16. The van der Waals surface area contributed by atoms with Crippen LogP contribution in [0.1, 0.15) is 11.1 Å². The molecular weight excluding hydrogens is 231 g/mol. The molecule has 94 valence electrons. The third-order valence-corrected chi connectivity index (χ3v) is 2.81. The Morgan fingerprint density at radius 1 is 1.17 bits per heavy atom. The Balaban J connectivity index is 2.04.